The fourth-order valence-corrected chi connectivity index (χ4v) is 3.15. The van der Waals surface area contributed by atoms with Crippen molar-refractivity contribution in [3.05, 3.63) is 52.3 Å². The number of hydrogen-bond acceptors (Lipinski definition) is 3. The SMILES string of the molecule is Cc1n[nH]c(C)c1CNC(=O)c1ccc([C@H]2CCCNC2)cc1. The molecule has 23 heavy (non-hydrogen) atoms. The molecule has 0 saturated carbocycles. The first kappa shape index (κ1) is 15.7. The summed E-state index contributed by atoms with van der Waals surface area (Å²) in [6.45, 7) is 6.56. The van der Waals surface area contributed by atoms with Gasteiger partial charge in [0.15, 0.2) is 0 Å². The van der Waals surface area contributed by atoms with Crippen LogP contribution in [0.1, 0.15) is 51.6 Å². The Balaban J connectivity index is 1.61. The lowest BCUT2D eigenvalue weighted by Crippen LogP contribution is -2.28. The zero-order valence-corrected chi connectivity index (χ0v) is 13.8. The van der Waals surface area contributed by atoms with Gasteiger partial charge < -0.3 is 10.6 Å². The van der Waals surface area contributed by atoms with Crippen molar-refractivity contribution in [3.63, 3.8) is 0 Å². The molecule has 0 bridgehead atoms. The second kappa shape index (κ2) is 6.96. The molecule has 1 atom stereocenters. The smallest absolute Gasteiger partial charge is 0.251 e. The lowest BCUT2D eigenvalue weighted by molar-refractivity contribution is 0.0951. The van der Waals surface area contributed by atoms with E-state index in [0.29, 0.717) is 18.0 Å². The van der Waals surface area contributed by atoms with Crippen LogP contribution in [0.2, 0.25) is 0 Å². The van der Waals surface area contributed by atoms with Gasteiger partial charge >= 0.3 is 0 Å². The number of piperidine rings is 1. The Morgan fingerprint density at radius 3 is 2.70 bits per heavy atom. The van der Waals surface area contributed by atoms with E-state index in [4.69, 9.17) is 0 Å². The number of aromatic nitrogens is 2. The van der Waals surface area contributed by atoms with E-state index in [2.05, 4.69) is 33.0 Å². The van der Waals surface area contributed by atoms with Crippen molar-refractivity contribution in [2.45, 2.75) is 39.2 Å². The third-order valence-corrected chi connectivity index (χ3v) is 4.65. The maximum Gasteiger partial charge on any atom is 0.251 e. The molecule has 0 spiro atoms. The molecule has 0 unspecified atom stereocenters. The van der Waals surface area contributed by atoms with Crippen LogP contribution < -0.4 is 10.6 Å². The quantitative estimate of drug-likeness (QED) is 0.812. The van der Waals surface area contributed by atoms with Gasteiger partial charge in [0, 0.05) is 29.9 Å². The lowest BCUT2D eigenvalue weighted by Gasteiger charge is -2.23. The topological polar surface area (TPSA) is 69.8 Å². The first-order chi connectivity index (χ1) is 11.1. The van der Waals surface area contributed by atoms with Gasteiger partial charge in [-0.2, -0.15) is 5.10 Å². The van der Waals surface area contributed by atoms with E-state index in [1.165, 1.54) is 18.4 Å². The number of aryl methyl sites for hydroxylation is 2. The van der Waals surface area contributed by atoms with Crippen LogP contribution in [-0.4, -0.2) is 29.2 Å². The zero-order chi connectivity index (χ0) is 16.2. The van der Waals surface area contributed by atoms with Crippen LogP contribution >= 0.6 is 0 Å². The first-order valence-electron chi connectivity index (χ1n) is 8.24. The maximum atomic E-state index is 12.3. The van der Waals surface area contributed by atoms with Gasteiger partial charge in [0.1, 0.15) is 0 Å². The summed E-state index contributed by atoms with van der Waals surface area (Å²) in [5, 5.41) is 13.5. The minimum Gasteiger partial charge on any atom is -0.348 e. The summed E-state index contributed by atoms with van der Waals surface area (Å²) < 4.78 is 0. The number of aromatic amines is 1. The number of hydrogen-bond donors (Lipinski definition) is 3. The summed E-state index contributed by atoms with van der Waals surface area (Å²) in [7, 11) is 0. The predicted octanol–water partition coefficient (Wildman–Crippen LogP) is 2.42. The van der Waals surface area contributed by atoms with Gasteiger partial charge in [-0.3, -0.25) is 9.89 Å². The average molecular weight is 312 g/mol. The Morgan fingerprint density at radius 1 is 1.30 bits per heavy atom. The summed E-state index contributed by atoms with van der Waals surface area (Å²) in [6, 6.07) is 8.02. The van der Waals surface area contributed by atoms with Gasteiger partial charge in [0.2, 0.25) is 0 Å². The Kier molecular flexibility index (Phi) is 4.76. The van der Waals surface area contributed by atoms with Crippen molar-refractivity contribution in [2.75, 3.05) is 13.1 Å². The number of benzene rings is 1. The molecule has 2 aromatic rings. The number of carbonyl (C=O) groups is 1. The minimum absolute atomic E-state index is 0.0432. The summed E-state index contributed by atoms with van der Waals surface area (Å²) in [5.74, 6) is 0.524. The van der Waals surface area contributed by atoms with E-state index >= 15 is 0 Å². The molecule has 3 rings (SSSR count). The van der Waals surface area contributed by atoms with Crippen molar-refractivity contribution in [1.29, 1.82) is 0 Å². The molecule has 1 aromatic carbocycles. The molecule has 0 aliphatic carbocycles. The van der Waals surface area contributed by atoms with E-state index < -0.39 is 0 Å². The fraction of sp³-hybridized carbons (Fsp3) is 0.444. The Morgan fingerprint density at radius 2 is 2.09 bits per heavy atom. The van der Waals surface area contributed by atoms with Gasteiger partial charge in [-0.1, -0.05) is 12.1 Å². The third kappa shape index (κ3) is 3.62. The van der Waals surface area contributed by atoms with E-state index in [0.717, 1.165) is 30.0 Å². The predicted molar refractivity (Wildman–Crippen MR) is 90.5 cm³/mol. The molecule has 0 radical (unpaired) electrons. The van der Waals surface area contributed by atoms with Gasteiger partial charge in [0.05, 0.1) is 5.69 Å². The monoisotopic (exact) mass is 312 g/mol. The number of nitrogens with zero attached hydrogens (tertiary/aromatic N) is 1. The molecule has 5 nitrogen and oxygen atoms in total. The first-order valence-corrected chi connectivity index (χ1v) is 8.24. The van der Waals surface area contributed by atoms with E-state index in [9.17, 15) is 4.79 Å². The molecule has 122 valence electrons. The molecule has 1 saturated heterocycles. The van der Waals surface area contributed by atoms with Crippen molar-refractivity contribution < 1.29 is 4.79 Å². The van der Waals surface area contributed by atoms with Crippen LogP contribution in [0, 0.1) is 13.8 Å². The summed E-state index contributed by atoms with van der Waals surface area (Å²) in [6.07, 6.45) is 2.44. The molecule has 3 N–H and O–H groups in total. The van der Waals surface area contributed by atoms with Crippen LogP contribution in [0.25, 0.3) is 0 Å². The standard InChI is InChI=1S/C18H24N4O/c1-12-17(13(2)22-21-12)11-20-18(23)15-7-5-14(6-8-15)16-4-3-9-19-10-16/h5-8,16,19H,3-4,9-11H2,1-2H3,(H,20,23)(H,21,22)/t16-/m0/s1. The number of carbonyl (C=O) groups excluding carboxylic acids is 1. The molecule has 2 heterocycles. The van der Waals surface area contributed by atoms with Gasteiger partial charge in [-0.25, -0.2) is 0 Å². The molecular formula is C18H24N4O. The van der Waals surface area contributed by atoms with Crippen molar-refractivity contribution in [3.8, 4) is 0 Å². The Labute approximate surface area is 136 Å². The number of amides is 1. The van der Waals surface area contributed by atoms with Crippen LogP contribution in [0.5, 0.6) is 0 Å². The van der Waals surface area contributed by atoms with Crippen molar-refractivity contribution >= 4 is 5.91 Å². The zero-order valence-electron chi connectivity index (χ0n) is 13.8. The highest BCUT2D eigenvalue weighted by atomic mass is 16.1. The summed E-state index contributed by atoms with van der Waals surface area (Å²) in [4.78, 5) is 12.3. The molecular weight excluding hydrogens is 288 g/mol. The molecule has 1 aliphatic rings. The molecule has 1 amide bonds. The molecule has 1 aliphatic heterocycles. The van der Waals surface area contributed by atoms with Crippen molar-refractivity contribution in [2.24, 2.45) is 0 Å². The average Bonchev–Trinajstić information content (AvgIpc) is 2.92. The Hall–Kier alpha value is -2.14. The number of rotatable bonds is 4. The molecule has 5 heteroatoms. The largest absolute Gasteiger partial charge is 0.348 e. The van der Waals surface area contributed by atoms with E-state index in [1.807, 2.05) is 26.0 Å². The second-order valence-corrected chi connectivity index (χ2v) is 6.26. The van der Waals surface area contributed by atoms with Crippen LogP contribution in [0.4, 0.5) is 0 Å². The fourth-order valence-electron chi connectivity index (χ4n) is 3.15. The maximum absolute atomic E-state index is 12.3. The number of H-pyrrole nitrogens is 1. The third-order valence-electron chi connectivity index (χ3n) is 4.65. The lowest BCUT2D eigenvalue weighted by atomic mass is 9.91. The normalized spacial score (nSPS) is 17.9. The minimum atomic E-state index is -0.0432. The van der Waals surface area contributed by atoms with Crippen LogP contribution in [0.3, 0.4) is 0 Å². The van der Waals surface area contributed by atoms with Gasteiger partial charge in [-0.05, 0) is 56.8 Å². The number of nitrogens with one attached hydrogen (secondary N) is 3. The summed E-state index contributed by atoms with van der Waals surface area (Å²) >= 11 is 0. The molecule has 1 fully saturated rings. The highest BCUT2D eigenvalue weighted by Crippen LogP contribution is 2.23. The van der Waals surface area contributed by atoms with Crippen LogP contribution in [0.15, 0.2) is 24.3 Å². The summed E-state index contributed by atoms with van der Waals surface area (Å²) in [5.41, 5.74) is 5.01. The highest BCUT2D eigenvalue weighted by molar-refractivity contribution is 5.94. The van der Waals surface area contributed by atoms with Crippen LogP contribution in [-0.2, 0) is 6.54 Å². The Bertz CT molecular complexity index is 649. The van der Waals surface area contributed by atoms with Gasteiger partial charge in [-0.15, -0.1) is 0 Å². The van der Waals surface area contributed by atoms with E-state index in [-0.39, 0.29) is 5.91 Å². The van der Waals surface area contributed by atoms with E-state index in [1.54, 1.807) is 0 Å². The highest BCUT2D eigenvalue weighted by Gasteiger charge is 2.15. The van der Waals surface area contributed by atoms with Crippen molar-refractivity contribution in [1.82, 2.24) is 20.8 Å². The van der Waals surface area contributed by atoms with Gasteiger partial charge in [0.25, 0.3) is 5.91 Å². The second-order valence-electron chi connectivity index (χ2n) is 6.26. The molecule has 1 aromatic heterocycles.